The van der Waals surface area contributed by atoms with Crippen LogP contribution in [-0.2, 0) is 0 Å². The van der Waals surface area contributed by atoms with Gasteiger partial charge in [-0.05, 0) is 52.9 Å². The molecular weight excluding hydrogens is 448 g/mol. The van der Waals surface area contributed by atoms with Gasteiger partial charge >= 0.3 is 0 Å². The van der Waals surface area contributed by atoms with Crippen LogP contribution in [0.4, 0.5) is 11.4 Å². The second kappa shape index (κ2) is 7.99. The van der Waals surface area contributed by atoms with Crippen molar-refractivity contribution < 1.29 is 14.8 Å². The van der Waals surface area contributed by atoms with Crippen LogP contribution >= 0.6 is 15.9 Å². The average Bonchev–Trinajstić information content (AvgIpc) is 2.74. The minimum absolute atomic E-state index is 0.0110. The second-order valence-electron chi connectivity index (χ2n) is 7.47. The monoisotopic (exact) mass is 468 g/mol. The Kier molecular flexibility index (Phi) is 5.39. The first-order valence-electron chi connectivity index (χ1n) is 9.56. The maximum absolute atomic E-state index is 11.4. The standard InChI is InChI=1S/C23H21BrN2O4/c1-13-22(15-5-10-20(27)21(11-15)30-2)18-12-17(26(28)29)8-9-19(18)25-23(13)14-3-6-16(24)7-4-14/h3-13,22-23,25,27H,1-2H3/t13-,22+,23-/m0/s1. The van der Waals surface area contributed by atoms with Crippen LogP contribution in [0.2, 0.25) is 0 Å². The minimum Gasteiger partial charge on any atom is -0.504 e. The molecule has 0 fully saturated rings. The lowest BCUT2D eigenvalue weighted by atomic mass is 9.73. The van der Waals surface area contributed by atoms with E-state index in [-0.39, 0.29) is 34.2 Å². The molecule has 0 unspecified atom stereocenters. The summed E-state index contributed by atoms with van der Waals surface area (Å²) in [5.41, 5.74) is 3.84. The number of hydrogen-bond acceptors (Lipinski definition) is 5. The Labute approximate surface area is 182 Å². The van der Waals surface area contributed by atoms with E-state index in [9.17, 15) is 15.2 Å². The zero-order valence-corrected chi connectivity index (χ0v) is 18.1. The maximum Gasteiger partial charge on any atom is 0.269 e. The quantitative estimate of drug-likeness (QED) is 0.361. The van der Waals surface area contributed by atoms with E-state index in [1.807, 2.05) is 24.3 Å². The Morgan fingerprint density at radius 2 is 1.77 bits per heavy atom. The number of anilines is 1. The molecule has 0 radical (unpaired) electrons. The number of non-ortho nitro benzene ring substituents is 1. The lowest BCUT2D eigenvalue weighted by Gasteiger charge is -2.39. The molecular formula is C23H21BrN2O4. The SMILES string of the molecule is COc1cc([C@@H]2c3cc([N+](=O)[O-])ccc3N[C@H](c3ccc(Br)cc3)[C@H]2C)ccc1O. The van der Waals surface area contributed by atoms with Crippen LogP contribution < -0.4 is 10.1 Å². The molecule has 0 aromatic heterocycles. The number of halogens is 1. The lowest BCUT2D eigenvalue weighted by Crippen LogP contribution is -2.30. The van der Waals surface area contributed by atoms with Gasteiger partial charge in [-0.15, -0.1) is 0 Å². The van der Waals surface area contributed by atoms with E-state index in [0.29, 0.717) is 5.75 Å². The molecule has 4 rings (SSSR count). The number of phenols is 1. The highest BCUT2D eigenvalue weighted by atomic mass is 79.9. The molecule has 7 heteroatoms. The zero-order valence-electron chi connectivity index (χ0n) is 16.5. The maximum atomic E-state index is 11.4. The van der Waals surface area contributed by atoms with Crippen LogP contribution in [0.5, 0.6) is 11.5 Å². The van der Waals surface area contributed by atoms with Crippen molar-refractivity contribution in [1.82, 2.24) is 0 Å². The van der Waals surface area contributed by atoms with Gasteiger partial charge in [-0.25, -0.2) is 0 Å². The first kappa shape index (κ1) is 20.2. The second-order valence-corrected chi connectivity index (χ2v) is 8.39. The summed E-state index contributed by atoms with van der Waals surface area (Å²) in [5, 5.41) is 25.0. The number of benzene rings is 3. The zero-order chi connectivity index (χ0) is 21.4. The van der Waals surface area contributed by atoms with Gasteiger partial charge in [0.15, 0.2) is 11.5 Å². The van der Waals surface area contributed by atoms with E-state index < -0.39 is 0 Å². The largest absolute Gasteiger partial charge is 0.504 e. The fourth-order valence-electron chi connectivity index (χ4n) is 4.25. The first-order valence-corrected chi connectivity index (χ1v) is 10.4. The molecule has 0 saturated heterocycles. The van der Waals surface area contributed by atoms with Gasteiger partial charge in [-0.1, -0.05) is 41.1 Å². The molecule has 0 bridgehead atoms. The third kappa shape index (κ3) is 3.61. The molecule has 3 atom stereocenters. The Balaban J connectivity index is 1.87. The predicted molar refractivity (Wildman–Crippen MR) is 119 cm³/mol. The minimum atomic E-state index is -0.375. The summed E-state index contributed by atoms with van der Waals surface area (Å²) in [7, 11) is 1.51. The van der Waals surface area contributed by atoms with Gasteiger partial charge in [0.1, 0.15) is 0 Å². The van der Waals surface area contributed by atoms with Gasteiger partial charge in [-0.3, -0.25) is 10.1 Å². The van der Waals surface area contributed by atoms with Crippen LogP contribution in [0.3, 0.4) is 0 Å². The molecule has 0 amide bonds. The first-order chi connectivity index (χ1) is 14.4. The van der Waals surface area contributed by atoms with E-state index >= 15 is 0 Å². The van der Waals surface area contributed by atoms with Crippen molar-refractivity contribution >= 4 is 27.3 Å². The highest BCUT2D eigenvalue weighted by Gasteiger charge is 2.36. The molecule has 1 aliphatic heterocycles. The molecule has 0 spiro atoms. The third-order valence-corrected chi connectivity index (χ3v) is 6.26. The molecule has 154 valence electrons. The smallest absolute Gasteiger partial charge is 0.269 e. The molecule has 0 saturated carbocycles. The molecule has 0 aliphatic carbocycles. The van der Waals surface area contributed by atoms with Crippen LogP contribution in [0, 0.1) is 16.0 Å². The van der Waals surface area contributed by atoms with Gasteiger partial charge in [-0.2, -0.15) is 0 Å². The van der Waals surface area contributed by atoms with Crippen molar-refractivity contribution in [3.63, 3.8) is 0 Å². The van der Waals surface area contributed by atoms with Crippen LogP contribution in [0.15, 0.2) is 65.1 Å². The molecule has 2 N–H and O–H groups in total. The van der Waals surface area contributed by atoms with Crippen LogP contribution in [0.25, 0.3) is 0 Å². The van der Waals surface area contributed by atoms with Crippen molar-refractivity contribution in [3.05, 3.63) is 91.9 Å². The molecule has 30 heavy (non-hydrogen) atoms. The van der Waals surface area contributed by atoms with E-state index in [1.165, 1.54) is 13.2 Å². The number of aromatic hydroxyl groups is 1. The number of rotatable bonds is 4. The summed E-state index contributed by atoms with van der Waals surface area (Å²) < 4.78 is 6.31. The van der Waals surface area contributed by atoms with E-state index in [0.717, 1.165) is 26.9 Å². The summed E-state index contributed by atoms with van der Waals surface area (Å²) >= 11 is 3.48. The highest BCUT2D eigenvalue weighted by Crippen LogP contribution is 2.49. The Bertz CT molecular complexity index is 1100. The normalized spacial score (nSPS) is 20.2. The number of nitrogens with zero attached hydrogens (tertiary/aromatic N) is 1. The Hall–Kier alpha value is -3.06. The molecule has 1 heterocycles. The Morgan fingerprint density at radius 1 is 1.07 bits per heavy atom. The van der Waals surface area contributed by atoms with Crippen molar-refractivity contribution in [1.29, 1.82) is 0 Å². The van der Waals surface area contributed by atoms with E-state index in [2.05, 4.69) is 40.3 Å². The average molecular weight is 469 g/mol. The van der Waals surface area contributed by atoms with E-state index in [4.69, 9.17) is 4.74 Å². The summed E-state index contributed by atoms with van der Waals surface area (Å²) in [5.74, 6) is 0.399. The molecule has 6 nitrogen and oxygen atoms in total. The number of methoxy groups -OCH3 is 1. The number of fused-ring (bicyclic) bond motifs is 1. The predicted octanol–water partition coefficient (Wildman–Crippen LogP) is 6.01. The van der Waals surface area contributed by atoms with Crippen LogP contribution in [0.1, 0.15) is 35.6 Å². The fraction of sp³-hybridized carbons (Fsp3) is 0.217. The van der Waals surface area contributed by atoms with Crippen LogP contribution in [-0.4, -0.2) is 17.1 Å². The molecule has 3 aromatic rings. The summed E-state index contributed by atoms with van der Waals surface area (Å²) in [6, 6.07) is 18.4. The molecule has 1 aliphatic rings. The number of phenolic OH excluding ortho intramolecular Hbond substituents is 1. The van der Waals surface area contributed by atoms with Gasteiger partial charge in [0.2, 0.25) is 0 Å². The molecule has 3 aromatic carbocycles. The number of hydrogen-bond donors (Lipinski definition) is 2. The van der Waals surface area contributed by atoms with Crippen molar-refractivity contribution in [2.24, 2.45) is 5.92 Å². The number of nitro benzene ring substituents is 1. The van der Waals surface area contributed by atoms with Crippen molar-refractivity contribution in [3.8, 4) is 11.5 Å². The van der Waals surface area contributed by atoms with Crippen molar-refractivity contribution in [2.45, 2.75) is 18.9 Å². The number of ether oxygens (including phenoxy) is 1. The highest BCUT2D eigenvalue weighted by molar-refractivity contribution is 9.10. The number of nitrogens with one attached hydrogen (secondary N) is 1. The summed E-state index contributed by atoms with van der Waals surface area (Å²) in [4.78, 5) is 11.0. The van der Waals surface area contributed by atoms with Crippen molar-refractivity contribution in [2.75, 3.05) is 12.4 Å². The van der Waals surface area contributed by atoms with Gasteiger partial charge in [0.25, 0.3) is 5.69 Å². The summed E-state index contributed by atoms with van der Waals surface area (Å²) in [6.07, 6.45) is 0. The van der Waals surface area contributed by atoms with E-state index in [1.54, 1.807) is 18.2 Å². The number of nitro groups is 1. The van der Waals surface area contributed by atoms with Gasteiger partial charge in [0, 0.05) is 28.2 Å². The van der Waals surface area contributed by atoms with Gasteiger partial charge < -0.3 is 15.2 Å². The summed E-state index contributed by atoms with van der Waals surface area (Å²) in [6.45, 7) is 2.13. The lowest BCUT2D eigenvalue weighted by molar-refractivity contribution is -0.384. The fourth-order valence-corrected chi connectivity index (χ4v) is 4.52. The van der Waals surface area contributed by atoms with Gasteiger partial charge in [0.05, 0.1) is 18.1 Å². The third-order valence-electron chi connectivity index (χ3n) is 5.74. The Morgan fingerprint density at radius 3 is 2.43 bits per heavy atom. The topological polar surface area (TPSA) is 84.6 Å².